The number of hydrogen-bond donors (Lipinski definition) is 1. The summed E-state index contributed by atoms with van der Waals surface area (Å²) in [6.45, 7) is 3.82. The first-order valence-electron chi connectivity index (χ1n) is 4.51. The summed E-state index contributed by atoms with van der Waals surface area (Å²) >= 11 is 0. The molecule has 84 valence electrons. The van der Waals surface area contributed by atoms with Gasteiger partial charge in [-0.2, -0.15) is 8.78 Å². The number of hydrogen-bond acceptors (Lipinski definition) is 2. The molecule has 15 heavy (non-hydrogen) atoms. The number of benzene rings is 1. The maximum absolute atomic E-state index is 12.4. The Hall–Kier alpha value is -0.970. The van der Waals surface area contributed by atoms with Gasteiger partial charge in [-0.15, -0.1) is 0 Å². The summed E-state index contributed by atoms with van der Waals surface area (Å²) in [5, 5.41) is 0. The Morgan fingerprint density at radius 2 is 1.93 bits per heavy atom. The van der Waals surface area contributed by atoms with Crippen LogP contribution in [-0.2, 0) is 9.73 Å². The fourth-order valence-electron chi connectivity index (χ4n) is 1.17. The second-order valence-electron chi connectivity index (χ2n) is 3.59. The summed E-state index contributed by atoms with van der Waals surface area (Å²) < 4.78 is 43.3. The molecular weight excluding hydrogens is 220 g/mol. The van der Waals surface area contributed by atoms with E-state index < -0.39 is 15.5 Å². The quantitative estimate of drug-likeness (QED) is 0.853. The van der Waals surface area contributed by atoms with Crippen LogP contribution in [0, 0.1) is 4.78 Å². The number of nitrogens with one attached hydrogen (secondary N) is 1. The molecular formula is C10H13F2NOS. The van der Waals surface area contributed by atoms with E-state index in [1.54, 1.807) is 12.1 Å². The number of halogens is 2. The lowest BCUT2D eigenvalue weighted by Gasteiger charge is -2.10. The zero-order chi connectivity index (χ0) is 11.6. The molecule has 0 heterocycles. The molecule has 0 aromatic heterocycles. The first-order chi connectivity index (χ1) is 6.85. The molecule has 0 aliphatic carbocycles. The maximum Gasteiger partial charge on any atom is 0.323 e. The van der Waals surface area contributed by atoms with Gasteiger partial charge in [-0.05, 0) is 23.6 Å². The normalized spacial score (nSPS) is 15.6. The van der Waals surface area contributed by atoms with E-state index in [0.29, 0.717) is 0 Å². The second kappa shape index (κ2) is 4.26. The fourth-order valence-corrected chi connectivity index (χ4v) is 1.96. The molecule has 0 saturated carbocycles. The van der Waals surface area contributed by atoms with Crippen molar-refractivity contribution in [3.63, 3.8) is 0 Å². The van der Waals surface area contributed by atoms with Crippen LogP contribution in [0.2, 0.25) is 0 Å². The van der Waals surface area contributed by atoms with Crippen molar-refractivity contribution in [2.24, 2.45) is 0 Å². The van der Waals surface area contributed by atoms with E-state index in [1.165, 1.54) is 12.1 Å². The van der Waals surface area contributed by atoms with Crippen molar-refractivity contribution in [3.8, 4) is 0 Å². The Morgan fingerprint density at radius 1 is 1.33 bits per heavy atom. The summed E-state index contributed by atoms with van der Waals surface area (Å²) in [5.41, 5.74) is 0.813. The van der Waals surface area contributed by atoms with Gasteiger partial charge in [0.05, 0.1) is 4.90 Å². The predicted octanol–water partition coefficient (Wildman–Crippen LogP) is 3.44. The Kier molecular flexibility index (Phi) is 3.44. The van der Waals surface area contributed by atoms with E-state index in [9.17, 15) is 13.0 Å². The van der Waals surface area contributed by atoms with Gasteiger partial charge >= 0.3 is 5.76 Å². The zero-order valence-corrected chi connectivity index (χ0v) is 9.35. The minimum atomic E-state index is -3.97. The van der Waals surface area contributed by atoms with Crippen molar-refractivity contribution in [1.29, 1.82) is 4.78 Å². The SMILES string of the molecule is CC(C)c1cccc(S(=N)(=O)C(F)F)c1. The van der Waals surface area contributed by atoms with Gasteiger partial charge in [0, 0.05) is 0 Å². The second-order valence-corrected chi connectivity index (χ2v) is 5.62. The van der Waals surface area contributed by atoms with Crippen molar-refractivity contribution < 1.29 is 13.0 Å². The lowest BCUT2D eigenvalue weighted by molar-refractivity contribution is 0.241. The zero-order valence-electron chi connectivity index (χ0n) is 8.54. The molecule has 0 aliphatic rings. The summed E-state index contributed by atoms with van der Waals surface area (Å²) in [4.78, 5) is -0.0938. The molecule has 2 nitrogen and oxygen atoms in total. The number of rotatable bonds is 3. The Morgan fingerprint density at radius 3 is 2.40 bits per heavy atom. The molecule has 1 unspecified atom stereocenters. The molecule has 1 rings (SSSR count). The summed E-state index contributed by atoms with van der Waals surface area (Å²) in [6.07, 6.45) is 0. The van der Waals surface area contributed by atoms with Gasteiger partial charge in [0.25, 0.3) is 0 Å². The van der Waals surface area contributed by atoms with E-state index in [1.807, 2.05) is 13.8 Å². The van der Waals surface area contributed by atoms with Crippen LogP contribution in [0.3, 0.4) is 0 Å². The van der Waals surface area contributed by atoms with Crippen LogP contribution >= 0.6 is 0 Å². The summed E-state index contributed by atoms with van der Waals surface area (Å²) in [7, 11) is -3.97. The molecule has 0 fully saturated rings. The largest absolute Gasteiger partial charge is 0.323 e. The van der Waals surface area contributed by atoms with Crippen molar-refractivity contribution in [3.05, 3.63) is 29.8 Å². The third-order valence-corrected chi connectivity index (χ3v) is 3.58. The van der Waals surface area contributed by atoms with Gasteiger partial charge in [0.1, 0.15) is 9.73 Å². The van der Waals surface area contributed by atoms with E-state index >= 15 is 0 Å². The molecule has 0 amide bonds. The molecule has 5 heteroatoms. The standard InChI is InChI=1S/C10H13F2NOS/c1-7(2)8-4-3-5-9(6-8)15(13,14)10(11)12/h3-7,10,13H,1-2H3. The highest BCUT2D eigenvalue weighted by Crippen LogP contribution is 2.23. The first-order valence-corrected chi connectivity index (χ1v) is 6.13. The highest BCUT2D eigenvalue weighted by atomic mass is 32.2. The molecule has 0 bridgehead atoms. The summed E-state index contributed by atoms with van der Waals surface area (Å²) in [5.74, 6) is -2.97. The third-order valence-electron chi connectivity index (χ3n) is 2.13. The molecule has 0 spiro atoms. The van der Waals surface area contributed by atoms with Crippen LogP contribution in [0.25, 0.3) is 0 Å². The lowest BCUT2D eigenvalue weighted by atomic mass is 10.0. The highest BCUT2D eigenvalue weighted by Gasteiger charge is 2.22. The Bertz CT molecular complexity index is 440. The van der Waals surface area contributed by atoms with Gasteiger partial charge in [0.15, 0.2) is 0 Å². The molecule has 1 atom stereocenters. The van der Waals surface area contributed by atoms with Crippen LogP contribution in [0.1, 0.15) is 25.3 Å². The van der Waals surface area contributed by atoms with Crippen LogP contribution in [-0.4, -0.2) is 9.97 Å². The average molecular weight is 233 g/mol. The van der Waals surface area contributed by atoms with Gasteiger partial charge in [-0.1, -0.05) is 26.0 Å². The van der Waals surface area contributed by atoms with Crippen LogP contribution in [0.4, 0.5) is 8.78 Å². The Balaban J connectivity index is 3.23. The Labute approximate surface area is 88.3 Å². The molecule has 0 radical (unpaired) electrons. The minimum Gasteiger partial charge on any atom is -0.244 e. The van der Waals surface area contributed by atoms with E-state index in [4.69, 9.17) is 4.78 Å². The smallest absolute Gasteiger partial charge is 0.244 e. The first kappa shape index (κ1) is 12.1. The van der Waals surface area contributed by atoms with Crippen molar-refractivity contribution in [2.75, 3.05) is 0 Å². The van der Waals surface area contributed by atoms with Gasteiger partial charge in [-0.3, -0.25) is 0 Å². The van der Waals surface area contributed by atoms with Gasteiger partial charge < -0.3 is 0 Å². The minimum absolute atomic E-state index is 0.0938. The van der Waals surface area contributed by atoms with Crippen molar-refractivity contribution >= 4 is 9.73 Å². The van der Waals surface area contributed by atoms with Crippen molar-refractivity contribution in [1.82, 2.24) is 0 Å². The number of alkyl halides is 2. The van der Waals surface area contributed by atoms with E-state index in [-0.39, 0.29) is 10.8 Å². The van der Waals surface area contributed by atoms with E-state index in [2.05, 4.69) is 0 Å². The molecule has 1 aromatic rings. The van der Waals surface area contributed by atoms with E-state index in [0.717, 1.165) is 5.56 Å². The van der Waals surface area contributed by atoms with Gasteiger partial charge in [-0.25, -0.2) is 8.99 Å². The van der Waals surface area contributed by atoms with Crippen LogP contribution < -0.4 is 0 Å². The monoisotopic (exact) mass is 233 g/mol. The fraction of sp³-hybridized carbons (Fsp3) is 0.400. The topological polar surface area (TPSA) is 40.9 Å². The summed E-state index contributed by atoms with van der Waals surface area (Å²) in [6, 6.07) is 6.07. The van der Waals surface area contributed by atoms with Gasteiger partial charge in [0.2, 0.25) is 0 Å². The van der Waals surface area contributed by atoms with Crippen LogP contribution in [0.15, 0.2) is 29.2 Å². The maximum atomic E-state index is 12.4. The predicted molar refractivity (Wildman–Crippen MR) is 55.7 cm³/mol. The molecule has 1 aromatic carbocycles. The average Bonchev–Trinajstić information content (AvgIpc) is 2.17. The highest BCUT2D eigenvalue weighted by molar-refractivity contribution is 7.92. The van der Waals surface area contributed by atoms with Crippen molar-refractivity contribution in [2.45, 2.75) is 30.4 Å². The molecule has 0 saturated heterocycles. The molecule has 1 N–H and O–H groups in total. The van der Waals surface area contributed by atoms with Crippen LogP contribution in [0.5, 0.6) is 0 Å². The third kappa shape index (κ3) is 2.53. The molecule has 0 aliphatic heterocycles. The lowest BCUT2D eigenvalue weighted by Crippen LogP contribution is -2.09.